The highest BCUT2D eigenvalue weighted by molar-refractivity contribution is 5.44. The highest BCUT2D eigenvalue weighted by atomic mass is 16.6. The van der Waals surface area contributed by atoms with Gasteiger partial charge in [-0.25, -0.2) is 0 Å². The van der Waals surface area contributed by atoms with Crippen molar-refractivity contribution in [1.29, 1.82) is 0 Å². The molecule has 0 aromatic heterocycles. The molecular weight excluding hydrogens is 218 g/mol. The number of benzene rings is 1. The average molecular weight is 235 g/mol. The summed E-state index contributed by atoms with van der Waals surface area (Å²) in [6, 6.07) is 5.31. The van der Waals surface area contributed by atoms with Crippen molar-refractivity contribution < 1.29 is 4.92 Å². The van der Waals surface area contributed by atoms with Gasteiger partial charge < -0.3 is 5.32 Å². The Labute approximate surface area is 101 Å². The number of hydrogen-bond donors (Lipinski definition) is 1. The first kappa shape index (κ1) is 12.0. The molecule has 2 rings (SSSR count). The lowest BCUT2D eigenvalue weighted by Gasteiger charge is -2.27. The van der Waals surface area contributed by atoms with Gasteiger partial charge >= 0.3 is 0 Å². The second-order valence-electron chi connectivity index (χ2n) is 4.34. The Morgan fingerprint density at radius 2 is 2.12 bits per heavy atom. The van der Waals surface area contributed by atoms with E-state index in [4.69, 9.17) is 0 Å². The first-order valence-corrected chi connectivity index (χ1v) is 5.84. The molecule has 1 saturated heterocycles. The Morgan fingerprint density at radius 3 is 2.76 bits per heavy atom. The summed E-state index contributed by atoms with van der Waals surface area (Å²) < 4.78 is 0. The minimum Gasteiger partial charge on any atom is -0.314 e. The van der Waals surface area contributed by atoms with E-state index < -0.39 is 0 Å². The Morgan fingerprint density at radius 1 is 1.41 bits per heavy atom. The van der Waals surface area contributed by atoms with Crippen LogP contribution < -0.4 is 5.32 Å². The van der Waals surface area contributed by atoms with Crippen LogP contribution in [-0.2, 0) is 6.54 Å². The predicted molar refractivity (Wildman–Crippen MR) is 66.0 cm³/mol. The number of nitrogens with one attached hydrogen (secondary N) is 1. The molecule has 0 atom stereocenters. The van der Waals surface area contributed by atoms with Crippen LogP contribution >= 0.6 is 0 Å². The van der Waals surface area contributed by atoms with E-state index in [1.165, 1.54) is 0 Å². The largest absolute Gasteiger partial charge is 0.314 e. The SMILES string of the molecule is Cc1c(CN2CCNCC2)cccc1[N+](=O)[O-]. The third kappa shape index (κ3) is 2.81. The van der Waals surface area contributed by atoms with E-state index in [1.54, 1.807) is 12.1 Å². The van der Waals surface area contributed by atoms with E-state index in [-0.39, 0.29) is 10.6 Å². The first-order chi connectivity index (χ1) is 8.18. The molecule has 1 aliphatic heterocycles. The van der Waals surface area contributed by atoms with E-state index in [2.05, 4.69) is 10.2 Å². The standard InChI is InChI=1S/C12H17N3O2/c1-10-11(3-2-4-12(10)15(16)17)9-14-7-5-13-6-8-14/h2-4,13H,5-9H2,1H3. The van der Waals surface area contributed by atoms with Crippen molar-refractivity contribution in [2.24, 2.45) is 0 Å². The van der Waals surface area contributed by atoms with Crippen molar-refractivity contribution in [1.82, 2.24) is 10.2 Å². The van der Waals surface area contributed by atoms with E-state index in [0.29, 0.717) is 0 Å². The molecule has 0 unspecified atom stereocenters. The van der Waals surface area contributed by atoms with E-state index in [1.807, 2.05) is 13.0 Å². The maximum Gasteiger partial charge on any atom is 0.272 e. The zero-order chi connectivity index (χ0) is 12.3. The highest BCUT2D eigenvalue weighted by Gasteiger charge is 2.16. The van der Waals surface area contributed by atoms with Crippen LogP contribution in [0.3, 0.4) is 0 Å². The van der Waals surface area contributed by atoms with Gasteiger partial charge in [-0.15, -0.1) is 0 Å². The molecule has 0 bridgehead atoms. The van der Waals surface area contributed by atoms with Crippen LogP contribution in [0.2, 0.25) is 0 Å². The fraction of sp³-hybridized carbons (Fsp3) is 0.500. The first-order valence-electron chi connectivity index (χ1n) is 5.84. The number of nitro groups is 1. The monoisotopic (exact) mass is 235 g/mol. The Hall–Kier alpha value is -1.46. The van der Waals surface area contributed by atoms with Gasteiger partial charge in [0, 0.05) is 44.4 Å². The van der Waals surface area contributed by atoms with Gasteiger partial charge in [-0.2, -0.15) is 0 Å². The molecule has 5 nitrogen and oxygen atoms in total. The molecule has 5 heteroatoms. The zero-order valence-corrected chi connectivity index (χ0v) is 9.98. The van der Waals surface area contributed by atoms with E-state index >= 15 is 0 Å². The molecule has 1 N–H and O–H groups in total. The molecule has 1 aromatic rings. The summed E-state index contributed by atoms with van der Waals surface area (Å²) in [4.78, 5) is 12.9. The Balaban J connectivity index is 2.15. The number of nitrogens with zero attached hydrogens (tertiary/aromatic N) is 2. The smallest absolute Gasteiger partial charge is 0.272 e. The van der Waals surface area contributed by atoms with Crippen LogP contribution in [0, 0.1) is 17.0 Å². The lowest BCUT2D eigenvalue weighted by atomic mass is 10.1. The molecule has 1 fully saturated rings. The van der Waals surface area contributed by atoms with Crippen molar-refractivity contribution in [3.63, 3.8) is 0 Å². The molecule has 17 heavy (non-hydrogen) atoms. The highest BCUT2D eigenvalue weighted by Crippen LogP contribution is 2.22. The number of rotatable bonds is 3. The second-order valence-corrected chi connectivity index (χ2v) is 4.34. The zero-order valence-electron chi connectivity index (χ0n) is 9.98. The minimum absolute atomic E-state index is 0.220. The van der Waals surface area contributed by atoms with Crippen molar-refractivity contribution in [3.8, 4) is 0 Å². The molecule has 0 aliphatic carbocycles. The molecule has 92 valence electrons. The van der Waals surface area contributed by atoms with Crippen LogP contribution in [0.5, 0.6) is 0 Å². The number of piperazine rings is 1. The topological polar surface area (TPSA) is 58.4 Å². The van der Waals surface area contributed by atoms with Crippen LogP contribution in [0.15, 0.2) is 18.2 Å². The molecule has 0 amide bonds. The molecule has 0 spiro atoms. The van der Waals surface area contributed by atoms with E-state index in [0.717, 1.165) is 43.9 Å². The van der Waals surface area contributed by atoms with Gasteiger partial charge in [0.25, 0.3) is 5.69 Å². The molecule has 0 saturated carbocycles. The fourth-order valence-corrected chi connectivity index (χ4v) is 2.15. The van der Waals surface area contributed by atoms with E-state index in [9.17, 15) is 10.1 Å². The quantitative estimate of drug-likeness (QED) is 0.634. The van der Waals surface area contributed by atoms with Crippen molar-refractivity contribution in [2.45, 2.75) is 13.5 Å². The lowest BCUT2D eigenvalue weighted by Crippen LogP contribution is -2.43. The summed E-state index contributed by atoms with van der Waals surface area (Å²) in [6.45, 7) is 6.62. The van der Waals surface area contributed by atoms with Crippen molar-refractivity contribution in [2.75, 3.05) is 26.2 Å². The van der Waals surface area contributed by atoms with Gasteiger partial charge in [0.1, 0.15) is 0 Å². The molecule has 1 heterocycles. The average Bonchev–Trinajstić information content (AvgIpc) is 2.33. The summed E-state index contributed by atoms with van der Waals surface area (Å²) >= 11 is 0. The Kier molecular flexibility index (Phi) is 3.71. The molecule has 0 radical (unpaired) electrons. The van der Waals surface area contributed by atoms with Gasteiger partial charge in [-0.05, 0) is 12.5 Å². The van der Waals surface area contributed by atoms with Crippen LogP contribution in [0.1, 0.15) is 11.1 Å². The van der Waals surface area contributed by atoms with Crippen molar-refractivity contribution in [3.05, 3.63) is 39.4 Å². The second kappa shape index (κ2) is 5.25. The van der Waals surface area contributed by atoms with Crippen LogP contribution in [-0.4, -0.2) is 36.0 Å². The summed E-state index contributed by atoms with van der Waals surface area (Å²) in [7, 11) is 0. The van der Waals surface area contributed by atoms with Gasteiger partial charge in [0.15, 0.2) is 0 Å². The predicted octanol–water partition coefficient (Wildman–Crippen LogP) is 1.31. The molecule has 1 aliphatic rings. The number of nitro benzene ring substituents is 1. The summed E-state index contributed by atoms with van der Waals surface area (Å²) in [5.41, 5.74) is 2.06. The molecule has 1 aromatic carbocycles. The summed E-state index contributed by atoms with van der Waals surface area (Å²) in [5, 5.41) is 14.1. The summed E-state index contributed by atoms with van der Waals surface area (Å²) in [5.74, 6) is 0. The van der Waals surface area contributed by atoms with Crippen LogP contribution in [0.25, 0.3) is 0 Å². The van der Waals surface area contributed by atoms with Gasteiger partial charge in [-0.3, -0.25) is 15.0 Å². The van der Waals surface area contributed by atoms with Gasteiger partial charge in [-0.1, -0.05) is 12.1 Å². The van der Waals surface area contributed by atoms with Gasteiger partial charge in [0.2, 0.25) is 0 Å². The lowest BCUT2D eigenvalue weighted by molar-refractivity contribution is -0.385. The maximum atomic E-state index is 10.8. The normalized spacial score (nSPS) is 17.0. The van der Waals surface area contributed by atoms with Crippen molar-refractivity contribution >= 4 is 5.69 Å². The Bertz CT molecular complexity index is 414. The number of hydrogen-bond acceptors (Lipinski definition) is 4. The van der Waals surface area contributed by atoms with Gasteiger partial charge in [0.05, 0.1) is 4.92 Å². The summed E-state index contributed by atoms with van der Waals surface area (Å²) in [6.07, 6.45) is 0. The maximum absolute atomic E-state index is 10.8. The minimum atomic E-state index is -0.309. The fourth-order valence-electron chi connectivity index (χ4n) is 2.15. The third-order valence-corrected chi connectivity index (χ3v) is 3.22. The third-order valence-electron chi connectivity index (χ3n) is 3.22. The van der Waals surface area contributed by atoms with Crippen LogP contribution in [0.4, 0.5) is 5.69 Å². The molecular formula is C12H17N3O2.